The van der Waals surface area contributed by atoms with E-state index in [2.05, 4.69) is 21.9 Å². The van der Waals surface area contributed by atoms with Gasteiger partial charge in [-0.05, 0) is 25.2 Å². The first-order valence-corrected chi connectivity index (χ1v) is 11.4. The number of likely N-dealkylation sites (N-methyl/N-ethyl adjacent to an activating group) is 1. The number of aromatic nitrogens is 1. The van der Waals surface area contributed by atoms with Gasteiger partial charge in [0.25, 0.3) is 5.91 Å². The fourth-order valence-corrected chi connectivity index (χ4v) is 4.70. The summed E-state index contributed by atoms with van der Waals surface area (Å²) in [6.07, 6.45) is 0.793. The van der Waals surface area contributed by atoms with Crippen LogP contribution >= 0.6 is 0 Å². The van der Waals surface area contributed by atoms with E-state index in [-0.39, 0.29) is 12.5 Å². The van der Waals surface area contributed by atoms with Crippen LogP contribution in [-0.4, -0.2) is 73.0 Å². The molecule has 5 rings (SSSR count). The van der Waals surface area contributed by atoms with E-state index >= 15 is 0 Å². The molecule has 0 radical (unpaired) electrons. The van der Waals surface area contributed by atoms with Crippen LogP contribution in [0.2, 0.25) is 0 Å². The fourth-order valence-electron chi connectivity index (χ4n) is 4.70. The van der Waals surface area contributed by atoms with Crippen molar-refractivity contribution in [3.8, 4) is 0 Å². The van der Waals surface area contributed by atoms with Gasteiger partial charge in [0.15, 0.2) is 6.61 Å². The van der Waals surface area contributed by atoms with Crippen LogP contribution in [0.25, 0.3) is 10.9 Å². The van der Waals surface area contributed by atoms with Crippen molar-refractivity contribution in [2.75, 3.05) is 51.3 Å². The van der Waals surface area contributed by atoms with E-state index in [1.165, 1.54) is 0 Å². The zero-order valence-corrected chi connectivity index (χ0v) is 18.9. The molecule has 170 valence electrons. The zero-order valence-electron chi connectivity index (χ0n) is 18.9. The Morgan fingerprint density at radius 1 is 0.939 bits per heavy atom. The Balaban J connectivity index is 1.27. The molecule has 3 heterocycles. The molecule has 7 heteroatoms. The van der Waals surface area contributed by atoms with Crippen molar-refractivity contribution in [2.24, 2.45) is 0 Å². The van der Waals surface area contributed by atoms with E-state index in [4.69, 9.17) is 9.72 Å². The highest BCUT2D eigenvalue weighted by Gasteiger charge is 2.27. The van der Waals surface area contributed by atoms with Crippen LogP contribution in [0.5, 0.6) is 0 Å². The number of piperazine rings is 1. The minimum absolute atomic E-state index is 0.152. The van der Waals surface area contributed by atoms with Gasteiger partial charge in [0, 0.05) is 68.0 Å². The molecule has 0 atom stereocenters. The average molecular weight is 445 g/mol. The summed E-state index contributed by atoms with van der Waals surface area (Å²) in [6.45, 7) is 4.06. The smallest absolute Gasteiger partial charge is 0.339 e. The van der Waals surface area contributed by atoms with Gasteiger partial charge in [0.05, 0.1) is 11.1 Å². The van der Waals surface area contributed by atoms with E-state index in [1.54, 1.807) is 4.90 Å². The van der Waals surface area contributed by atoms with Gasteiger partial charge in [-0.1, -0.05) is 36.4 Å². The lowest BCUT2D eigenvalue weighted by Crippen LogP contribution is -2.49. The number of benzene rings is 2. The predicted octanol–water partition coefficient (Wildman–Crippen LogP) is 2.73. The Morgan fingerprint density at radius 2 is 1.67 bits per heavy atom. The molecule has 7 nitrogen and oxygen atoms in total. The summed E-state index contributed by atoms with van der Waals surface area (Å²) in [5.74, 6) is -0.600. The molecule has 2 aliphatic heterocycles. The number of rotatable bonds is 4. The highest BCUT2D eigenvalue weighted by molar-refractivity contribution is 6.05. The van der Waals surface area contributed by atoms with Gasteiger partial charge in [-0.3, -0.25) is 9.78 Å². The zero-order chi connectivity index (χ0) is 22.8. The molecular formula is C26H28N4O3. The van der Waals surface area contributed by atoms with Crippen LogP contribution in [0, 0.1) is 0 Å². The maximum atomic E-state index is 13.2. The van der Waals surface area contributed by atoms with Crippen molar-refractivity contribution in [2.45, 2.75) is 13.0 Å². The molecule has 1 fully saturated rings. The molecule has 3 aromatic rings. The predicted molar refractivity (Wildman–Crippen MR) is 127 cm³/mol. The normalized spacial score (nSPS) is 16.5. The van der Waals surface area contributed by atoms with Crippen LogP contribution in [0.15, 0.2) is 54.6 Å². The Labute approximate surface area is 193 Å². The molecule has 0 bridgehead atoms. The molecule has 0 spiro atoms. The number of amides is 1. The van der Waals surface area contributed by atoms with Gasteiger partial charge < -0.3 is 19.4 Å². The average Bonchev–Trinajstić information content (AvgIpc) is 2.86. The quantitative estimate of drug-likeness (QED) is 0.577. The van der Waals surface area contributed by atoms with Crippen LogP contribution in [-0.2, 0) is 22.5 Å². The lowest BCUT2D eigenvalue weighted by atomic mass is 9.96. The molecule has 1 saturated heterocycles. The van der Waals surface area contributed by atoms with Crippen molar-refractivity contribution < 1.29 is 14.3 Å². The molecule has 0 saturated carbocycles. The minimum Gasteiger partial charge on any atom is -0.452 e. The SMILES string of the molecule is CN1CCc2nc3ccccc3c(C(=O)OCC(=O)N3CCN(c4ccccc4)CC3)c2C1. The molecule has 0 N–H and O–H groups in total. The summed E-state index contributed by atoms with van der Waals surface area (Å²) in [7, 11) is 2.03. The number of esters is 1. The third-order valence-corrected chi connectivity index (χ3v) is 6.52. The van der Waals surface area contributed by atoms with Gasteiger partial charge in [-0.15, -0.1) is 0 Å². The van der Waals surface area contributed by atoms with Crippen molar-refractivity contribution in [3.05, 3.63) is 71.4 Å². The number of hydrogen-bond donors (Lipinski definition) is 0. The summed E-state index contributed by atoms with van der Waals surface area (Å²) >= 11 is 0. The first-order valence-electron chi connectivity index (χ1n) is 11.4. The molecule has 0 unspecified atom stereocenters. The highest BCUT2D eigenvalue weighted by Crippen LogP contribution is 2.28. The number of para-hydroxylation sites is 2. The van der Waals surface area contributed by atoms with Crippen LogP contribution < -0.4 is 4.90 Å². The molecule has 0 aliphatic carbocycles. The number of hydrogen-bond acceptors (Lipinski definition) is 6. The van der Waals surface area contributed by atoms with E-state index in [0.717, 1.165) is 53.9 Å². The lowest BCUT2D eigenvalue weighted by Gasteiger charge is -2.36. The number of nitrogens with zero attached hydrogens (tertiary/aromatic N) is 4. The maximum Gasteiger partial charge on any atom is 0.339 e. The Bertz CT molecular complexity index is 1170. The van der Waals surface area contributed by atoms with Crippen LogP contribution in [0.3, 0.4) is 0 Å². The van der Waals surface area contributed by atoms with E-state index in [0.29, 0.717) is 25.2 Å². The molecule has 2 aliphatic rings. The summed E-state index contributed by atoms with van der Waals surface area (Å²) in [5, 5.41) is 0.778. The van der Waals surface area contributed by atoms with Crippen molar-refractivity contribution >= 4 is 28.5 Å². The summed E-state index contributed by atoms with van der Waals surface area (Å²) < 4.78 is 5.57. The fraction of sp³-hybridized carbons (Fsp3) is 0.346. The summed E-state index contributed by atoms with van der Waals surface area (Å²) in [5.41, 5.74) is 4.36. The highest BCUT2D eigenvalue weighted by atomic mass is 16.5. The first-order chi connectivity index (χ1) is 16.1. The summed E-state index contributed by atoms with van der Waals surface area (Å²) in [6, 6.07) is 17.8. The maximum absolute atomic E-state index is 13.2. The lowest BCUT2D eigenvalue weighted by molar-refractivity contribution is -0.134. The number of carbonyl (C=O) groups excluding carboxylic acids is 2. The second-order valence-corrected chi connectivity index (χ2v) is 8.70. The molecule has 1 aromatic heterocycles. The molecule has 2 aromatic carbocycles. The van der Waals surface area contributed by atoms with Crippen LogP contribution in [0.4, 0.5) is 5.69 Å². The van der Waals surface area contributed by atoms with Crippen molar-refractivity contribution in [3.63, 3.8) is 0 Å². The Hall–Kier alpha value is -3.45. The number of fused-ring (bicyclic) bond motifs is 2. The first kappa shape index (κ1) is 21.4. The molecular weight excluding hydrogens is 416 g/mol. The van der Waals surface area contributed by atoms with Gasteiger partial charge in [-0.25, -0.2) is 4.79 Å². The second kappa shape index (κ2) is 9.19. The summed E-state index contributed by atoms with van der Waals surface area (Å²) in [4.78, 5) is 37.0. The topological polar surface area (TPSA) is 66.0 Å². The van der Waals surface area contributed by atoms with E-state index in [1.807, 2.05) is 49.5 Å². The van der Waals surface area contributed by atoms with Gasteiger partial charge in [0.2, 0.25) is 0 Å². The minimum atomic E-state index is -0.448. The standard InChI is InChI=1S/C26H28N4O3/c1-28-12-11-23-21(17-28)25(20-9-5-6-10-22(20)27-23)26(32)33-18-24(31)30-15-13-29(14-16-30)19-7-3-2-4-8-19/h2-10H,11-18H2,1H3. The third kappa shape index (κ3) is 4.41. The Kier molecular flexibility index (Phi) is 5.96. The largest absolute Gasteiger partial charge is 0.452 e. The van der Waals surface area contributed by atoms with Gasteiger partial charge in [-0.2, -0.15) is 0 Å². The number of pyridine rings is 1. The monoisotopic (exact) mass is 444 g/mol. The number of carbonyl (C=O) groups is 2. The number of ether oxygens (including phenoxy) is 1. The molecule has 33 heavy (non-hydrogen) atoms. The van der Waals surface area contributed by atoms with E-state index < -0.39 is 5.97 Å². The van der Waals surface area contributed by atoms with Crippen molar-refractivity contribution in [1.82, 2.24) is 14.8 Å². The van der Waals surface area contributed by atoms with Crippen LogP contribution in [0.1, 0.15) is 21.6 Å². The van der Waals surface area contributed by atoms with Gasteiger partial charge >= 0.3 is 5.97 Å². The third-order valence-electron chi connectivity index (χ3n) is 6.52. The molecule has 1 amide bonds. The number of anilines is 1. The van der Waals surface area contributed by atoms with E-state index in [9.17, 15) is 9.59 Å². The van der Waals surface area contributed by atoms with Gasteiger partial charge in [0.1, 0.15) is 0 Å². The van der Waals surface area contributed by atoms with Crippen molar-refractivity contribution in [1.29, 1.82) is 0 Å². The Morgan fingerprint density at radius 3 is 2.45 bits per heavy atom. The second-order valence-electron chi connectivity index (χ2n) is 8.70.